The van der Waals surface area contributed by atoms with Crippen LogP contribution in [0.1, 0.15) is 52.4 Å². The van der Waals surface area contributed by atoms with Gasteiger partial charge in [-0.2, -0.15) is 0 Å². The van der Waals surface area contributed by atoms with E-state index in [1.54, 1.807) is 0 Å². The Morgan fingerprint density at radius 3 is 2.62 bits per heavy atom. The first kappa shape index (κ1) is 12.5. The SMILES string of the molecule is C#CCCCCNC(CC)CCC. The van der Waals surface area contributed by atoms with Crippen LogP contribution in [0.15, 0.2) is 0 Å². The van der Waals surface area contributed by atoms with Crippen LogP contribution in [0.3, 0.4) is 0 Å². The van der Waals surface area contributed by atoms with Gasteiger partial charge in [-0.1, -0.05) is 20.3 Å². The molecule has 0 heterocycles. The van der Waals surface area contributed by atoms with Gasteiger partial charge in [0.2, 0.25) is 0 Å². The molecule has 0 spiro atoms. The predicted octanol–water partition coefficient (Wildman–Crippen LogP) is 2.96. The quantitative estimate of drug-likeness (QED) is 0.448. The average Bonchev–Trinajstić information content (AvgIpc) is 2.16. The Morgan fingerprint density at radius 2 is 2.08 bits per heavy atom. The third-order valence-corrected chi connectivity index (χ3v) is 2.31. The van der Waals surface area contributed by atoms with Crippen molar-refractivity contribution in [2.24, 2.45) is 0 Å². The molecule has 0 aliphatic heterocycles. The van der Waals surface area contributed by atoms with Crippen molar-refractivity contribution >= 4 is 0 Å². The topological polar surface area (TPSA) is 12.0 Å². The van der Waals surface area contributed by atoms with Crippen molar-refractivity contribution in [3.05, 3.63) is 0 Å². The lowest BCUT2D eigenvalue weighted by Gasteiger charge is -2.15. The maximum Gasteiger partial charge on any atom is 0.00865 e. The van der Waals surface area contributed by atoms with Crippen LogP contribution < -0.4 is 5.32 Å². The molecular formula is C12H23N. The molecule has 0 rings (SSSR count). The fourth-order valence-corrected chi connectivity index (χ4v) is 1.46. The minimum atomic E-state index is 0.718. The smallest absolute Gasteiger partial charge is 0.00865 e. The van der Waals surface area contributed by atoms with Gasteiger partial charge in [0, 0.05) is 12.5 Å². The molecule has 0 radical (unpaired) electrons. The highest BCUT2D eigenvalue weighted by Crippen LogP contribution is 2.01. The normalized spacial score (nSPS) is 12.4. The van der Waals surface area contributed by atoms with Crippen LogP contribution >= 0.6 is 0 Å². The van der Waals surface area contributed by atoms with E-state index >= 15 is 0 Å². The van der Waals surface area contributed by atoms with Crippen molar-refractivity contribution in [2.75, 3.05) is 6.54 Å². The van der Waals surface area contributed by atoms with E-state index in [4.69, 9.17) is 6.42 Å². The number of terminal acetylenes is 1. The number of hydrogen-bond donors (Lipinski definition) is 1. The van der Waals surface area contributed by atoms with Crippen LogP contribution in [0.5, 0.6) is 0 Å². The number of unbranched alkanes of at least 4 members (excludes halogenated alkanes) is 2. The van der Waals surface area contributed by atoms with Crippen molar-refractivity contribution in [1.82, 2.24) is 5.32 Å². The van der Waals surface area contributed by atoms with E-state index in [-0.39, 0.29) is 0 Å². The van der Waals surface area contributed by atoms with Gasteiger partial charge in [-0.3, -0.25) is 0 Å². The van der Waals surface area contributed by atoms with Crippen molar-refractivity contribution in [1.29, 1.82) is 0 Å². The zero-order valence-corrected chi connectivity index (χ0v) is 9.10. The summed E-state index contributed by atoms with van der Waals surface area (Å²) in [7, 11) is 0. The molecule has 76 valence electrons. The fraction of sp³-hybridized carbons (Fsp3) is 0.833. The molecule has 0 amide bonds. The van der Waals surface area contributed by atoms with Gasteiger partial charge >= 0.3 is 0 Å². The standard InChI is InChI=1S/C12H23N/c1-4-7-8-9-11-13-12(6-3)10-5-2/h1,12-13H,5-11H2,2-3H3. The molecule has 0 bridgehead atoms. The third kappa shape index (κ3) is 7.87. The monoisotopic (exact) mass is 181 g/mol. The zero-order valence-electron chi connectivity index (χ0n) is 9.10. The molecule has 1 N–H and O–H groups in total. The Kier molecular flexibility index (Phi) is 9.25. The average molecular weight is 181 g/mol. The van der Waals surface area contributed by atoms with Crippen molar-refractivity contribution in [2.45, 2.75) is 58.4 Å². The predicted molar refractivity (Wildman–Crippen MR) is 59.7 cm³/mol. The number of nitrogens with one attached hydrogen (secondary N) is 1. The maximum absolute atomic E-state index is 5.17. The first-order valence-corrected chi connectivity index (χ1v) is 5.52. The van der Waals surface area contributed by atoms with Gasteiger partial charge in [-0.25, -0.2) is 0 Å². The molecule has 13 heavy (non-hydrogen) atoms. The second-order valence-corrected chi connectivity index (χ2v) is 3.51. The van der Waals surface area contributed by atoms with E-state index < -0.39 is 0 Å². The fourth-order valence-electron chi connectivity index (χ4n) is 1.46. The van der Waals surface area contributed by atoms with Crippen LogP contribution in [0.4, 0.5) is 0 Å². The van der Waals surface area contributed by atoms with Crippen molar-refractivity contribution in [3.8, 4) is 12.3 Å². The molecule has 0 aromatic carbocycles. The molecule has 0 saturated heterocycles. The minimum absolute atomic E-state index is 0.718. The van der Waals surface area contributed by atoms with E-state index in [1.165, 1.54) is 25.7 Å². The molecule has 0 aliphatic carbocycles. The van der Waals surface area contributed by atoms with Gasteiger partial charge in [0.1, 0.15) is 0 Å². The molecular weight excluding hydrogens is 158 g/mol. The molecule has 1 atom stereocenters. The van der Waals surface area contributed by atoms with E-state index in [1.807, 2.05) is 0 Å². The summed E-state index contributed by atoms with van der Waals surface area (Å²) in [6, 6.07) is 0.718. The Morgan fingerprint density at radius 1 is 1.31 bits per heavy atom. The molecule has 0 fully saturated rings. The largest absolute Gasteiger partial charge is 0.314 e. The lowest BCUT2D eigenvalue weighted by molar-refractivity contribution is 0.456. The van der Waals surface area contributed by atoms with Gasteiger partial charge in [0.15, 0.2) is 0 Å². The third-order valence-electron chi connectivity index (χ3n) is 2.31. The summed E-state index contributed by atoms with van der Waals surface area (Å²) in [5.74, 6) is 2.67. The summed E-state index contributed by atoms with van der Waals surface area (Å²) in [6.07, 6.45) is 12.3. The van der Waals surface area contributed by atoms with Gasteiger partial charge in [0.05, 0.1) is 0 Å². The maximum atomic E-state index is 5.17. The highest BCUT2D eigenvalue weighted by atomic mass is 14.9. The van der Waals surface area contributed by atoms with Gasteiger partial charge < -0.3 is 5.32 Å². The zero-order chi connectivity index (χ0) is 9.94. The second kappa shape index (κ2) is 9.61. The van der Waals surface area contributed by atoms with Crippen molar-refractivity contribution < 1.29 is 0 Å². The molecule has 1 unspecified atom stereocenters. The van der Waals surface area contributed by atoms with E-state index in [2.05, 4.69) is 25.1 Å². The summed E-state index contributed by atoms with van der Waals surface area (Å²) in [4.78, 5) is 0. The Balaban J connectivity index is 3.23. The summed E-state index contributed by atoms with van der Waals surface area (Å²) in [5, 5.41) is 3.56. The molecule has 1 nitrogen and oxygen atoms in total. The lowest BCUT2D eigenvalue weighted by atomic mass is 10.1. The van der Waals surface area contributed by atoms with Crippen LogP contribution in [-0.2, 0) is 0 Å². The molecule has 1 heteroatoms. The van der Waals surface area contributed by atoms with Gasteiger partial charge in [0.25, 0.3) is 0 Å². The Labute approximate surface area is 83.3 Å². The highest BCUT2D eigenvalue weighted by Gasteiger charge is 2.01. The van der Waals surface area contributed by atoms with E-state index in [0.29, 0.717) is 0 Å². The van der Waals surface area contributed by atoms with Crippen LogP contribution in [0, 0.1) is 12.3 Å². The summed E-state index contributed by atoms with van der Waals surface area (Å²) >= 11 is 0. The number of rotatable bonds is 8. The van der Waals surface area contributed by atoms with Crippen LogP contribution in [0.2, 0.25) is 0 Å². The second-order valence-electron chi connectivity index (χ2n) is 3.51. The highest BCUT2D eigenvalue weighted by molar-refractivity contribution is 4.82. The summed E-state index contributed by atoms with van der Waals surface area (Å²) in [5.41, 5.74) is 0. The number of hydrogen-bond acceptors (Lipinski definition) is 1. The summed E-state index contributed by atoms with van der Waals surface area (Å²) in [6.45, 7) is 5.61. The van der Waals surface area contributed by atoms with E-state index in [9.17, 15) is 0 Å². The van der Waals surface area contributed by atoms with Crippen LogP contribution in [0.25, 0.3) is 0 Å². The van der Waals surface area contributed by atoms with E-state index in [0.717, 1.165) is 25.4 Å². The molecule has 0 aromatic heterocycles. The van der Waals surface area contributed by atoms with Crippen LogP contribution in [-0.4, -0.2) is 12.6 Å². The minimum Gasteiger partial charge on any atom is -0.314 e. The first-order chi connectivity index (χ1) is 6.35. The Bertz CT molecular complexity index is 135. The molecule has 0 saturated carbocycles. The summed E-state index contributed by atoms with van der Waals surface area (Å²) < 4.78 is 0. The lowest BCUT2D eigenvalue weighted by Crippen LogP contribution is -2.29. The first-order valence-electron chi connectivity index (χ1n) is 5.52. The van der Waals surface area contributed by atoms with Crippen molar-refractivity contribution in [3.63, 3.8) is 0 Å². The Hall–Kier alpha value is -0.480. The molecule has 0 aromatic rings. The van der Waals surface area contributed by atoms with Gasteiger partial charge in [-0.05, 0) is 32.2 Å². The van der Waals surface area contributed by atoms with Gasteiger partial charge in [-0.15, -0.1) is 12.3 Å². The molecule has 0 aliphatic rings.